The Morgan fingerprint density at radius 1 is 1.12 bits per heavy atom. The number of ether oxygens (including phenoxy) is 2. The highest BCUT2D eigenvalue weighted by atomic mass is 79.9. The van der Waals surface area contributed by atoms with Crippen LogP contribution in [0.2, 0.25) is 10.0 Å². The molecule has 0 saturated carbocycles. The Bertz CT molecular complexity index is 1270. The van der Waals surface area contributed by atoms with Gasteiger partial charge in [0.2, 0.25) is 0 Å². The second kappa shape index (κ2) is 12.3. The predicted molar refractivity (Wildman–Crippen MR) is 142 cm³/mol. The van der Waals surface area contributed by atoms with Crippen molar-refractivity contribution in [3.63, 3.8) is 0 Å². The Morgan fingerprint density at radius 3 is 2.53 bits per heavy atom. The maximum atomic E-state index is 12.7. The molecule has 0 atom stereocenters. The number of anilines is 1. The summed E-state index contributed by atoms with van der Waals surface area (Å²) in [7, 11) is 0. The Balaban J connectivity index is 1.86. The van der Waals surface area contributed by atoms with Gasteiger partial charge >= 0.3 is 0 Å². The van der Waals surface area contributed by atoms with Gasteiger partial charge in [-0.3, -0.25) is 4.79 Å². The molecule has 0 aromatic heterocycles. The number of carbonyl (C=O) groups excluding carboxylic acids is 1. The number of amides is 1. The maximum absolute atomic E-state index is 12.7. The lowest BCUT2D eigenvalue weighted by molar-refractivity contribution is -0.112. The van der Waals surface area contributed by atoms with E-state index in [1.165, 1.54) is 6.08 Å². The average molecular weight is 625 g/mol. The van der Waals surface area contributed by atoms with E-state index in [2.05, 4.69) is 37.2 Å². The average Bonchev–Trinajstić information content (AvgIpc) is 2.81. The van der Waals surface area contributed by atoms with E-state index in [4.69, 9.17) is 32.7 Å². The van der Waals surface area contributed by atoms with Gasteiger partial charge in [0.15, 0.2) is 11.5 Å². The normalized spacial score (nSPS) is 11.0. The molecule has 0 spiro atoms. The highest BCUT2D eigenvalue weighted by Gasteiger charge is 2.16. The van der Waals surface area contributed by atoms with Crippen LogP contribution in [0.25, 0.3) is 6.08 Å². The lowest BCUT2D eigenvalue weighted by atomic mass is 10.1. The van der Waals surface area contributed by atoms with Gasteiger partial charge in [0, 0.05) is 4.47 Å². The summed E-state index contributed by atoms with van der Waals surface area (Å²) < 4.78 is 13.4. The van der Waals surface area contributed by atoms with Crippen molar-refractivity contribution in [1.82, 2.24) is 0 Å². The van der Waals surface area contributed by atoms with Crippen molar-refractivity contribution in [2.24, 2.45) is 0 Å². The SMILES string of the molecule is CCOc1cc(/C=C(/C#N)C(=O)Nc2cccc(Cl)c2Cl)cc(Br)c1OCc1ccc(Br)cc1. The fraction of sp³-hybridized carbons (Fsp3) is 0.120. The Kier molecular flexibility index (Phi) is 9.43. The number of carbonyl (C=O) groups is 1. The summed E-state index contributed by atoms with van der Waals surface area (Å²) in [5.74, 6) is 0.391. The van der Waals surface area contributed by atoms with E-state index in [0.717, 1.165) is 10.0 Å². The van der Waals surface area contributed by atoms with Gasteiger partial charge in [-0.25, -0.2) is 0 Å². The van der Waals surface area contributed by atoms with Crippen LogP contribution in [0.4, 0.5) is 5.69 Å². The summed E-state index contributed by atoms with van der Waals surface area (Å²) in [5.41, 5.74) is 1.77. The molecule has 0 unspecified atom stereocenters. The molecule has 9 heteroatoms. The molecule has 34 heavy (non-hydrogen) atoms. The predicted octanol–water partition coefficient (Wildman–Crippen LogP) is 8.04. The topological polar surface area (TPSA) is 71.3 Å². The van der Waals surface area contributed by atoms with Crippen LogP contribution in [0.1, 0.15) is 18.1 Å². The summed E-state index contributed by atoms with van der Waals surface area (Å²) in [6.45, 7) is 2.61. The maximum Gasteiger partial charge on any atom is 0.266 e. The van der Waals surface area contributed by atoms with Crippen LogP contribution >= 0.6 is 55.1 Å². The third-order valence-electron chi connectivity index (χ3n) is 4.50. The second-order valence-electron chi connectivity index (χ2n) is 6.90. The quantitative estimate of drug-likeness (QED) is 0.203. The Hall–Kier alpha value is -2.50. The van der Waals surface area contributed by atoms with Crippen molar-refractivity contribution in [3.05, 3.63) is 90.3 Å². The minimum absolute atomic E-state index is 0.117. The lowest BCUT2D eigenvalue weighted by Crippen LogP contribution is -2.13. The van der Waals surface area contributed by atoms with Crippen LogP contribution in [-0.4, -0.2) is 12.5 Å². The lowest BCUT2D eigenvalue weighted by Gasteiger charge is -2.15. The number of benzene rings is 3. The summed E-state index contributed by atoms with van der Waals surface area (Å²) in [6.07, 6.45) is 1.46. The molecule has 174 valence electrons. The van der Waals surface area contributed by atoms with E-state index in [-0.39, 0.29) is 10.6 Å². The van der Waals surface area contributed by atoms with Crippen LogP contribution in [0, 0.1) is 11.3 Å². The van der Waals surface area contributed by atoms with Crippen LogP contribution in [0.5, 0.6) is 11.5 Å². The molecule has 0 radical (unpaired) electrons. The van der Waals surface area contributed by atoms with Gasteiger partial charge in [0.25, 0.3) is 5.91 Å². The first-order chi connectivity index (χ1) is 16.3. The molecular formula is C25H18Br2Cl2N2O3. The molecule has 3 aromatic rings. The number of hydrogen-bond acceptors (Lipinski definition) is 4. The molecular weight excluding hydrogens is 607 g/mol. The van der Waals surface area contributed by atoms with Gasteiger partial charge in [-0.1, -0.05) is 57.3 Å². The molecule has 3 rings (SSSR count). The van der Waals surface area contributed by atoms with Gasteiger partial charge in [-0.2, -0.15) is 5.26 Å². The van der Waals surface area contributed by atoms with Crippen molar-refractivity contribution in [3.8, 4) is 17.6 Å². The molecule has 0 aliphatic carbocycles. The van der Waals surface area contributed by atoms with E-state index in [1.54, 1.807) is 30.3 Å². The third-order valence-corrected chi connectivity index (χ3v) is 6.44. The van der Waals surface area contributed by atoms with Crippen LogP contribution in [0.3, 0.4) is 0 Å². The highest BCUT2D eigenvalue weighted by molar-refractivity contribution is 9.10. The fourth-order valence-corrected chi connectivity index (χ4v) is 4.10. The second-order valence-corrected chi connectivity index (χ2v) is 9.46. The number of nitrogens with one attached hydrogen (secondary N) is 1. The van der Waals surface area contributed by atoms with E-state index in [1.807, 2.05) is 37.3 Å². The first kappa shape index (κ1) is 26.1. The standard InChI is InChI=1S/C25H18Br2Cl2N2O3/c1-2-33-22-12-16(11-19(27)24(22)34-14-15-6-8-18(26)9-7-15)10-17(13-30)25(32)31-21-5-3-4-20(28)23(21)29/h3-12H,2,14H2,1H3,(H,31,32)/b17-10-. The molecule has 0 aliphatic heterocycles. The van der Waals surface area contributed by atoms with Crippen molar-refractivity contribution in [2.45, 2.75) is 13.5 Å². The summed E-state index contributed by atoms with van der Waals surface area (Å²) >= 11 is 19.1. The van der Waals surface area contributed by atoms with Crippen LogP contribution < -0.4 is 14.8 Å². The number of nitriles is 1. The Morgan fingerprint density at radius 2 is 1.85 bits per heavy atom. The fourth-order valence-electron chi connectivity index (χ4n) is 2.92. The van der Waals surface area contributed by atoms with Gasteiger partial charge in [0.1, 0.15) is 18.2 Å². The van der Waals surface area contributed by atoms with Crippen LogP contribution in [0.15, 0.2) is 69.1 Å². The molecule has 0 fully saturated rings. The van der Waals surface area contributed by atoms with E-state index in [0.29, 0.717) is 45.5 Å². The van der Waals surface area contributed by atoms with Crippen molar-refractivity contribution < 1.29 is 14.3 Å². The molecule has 0 bridgehead atoms. The van der Waals surface area contributed by atoms with Crippen molar-refractivity contribution in [1.29, 1.82) is 5.26 Å². The monoisotopic (exact) mass is 622 g/mol. The van der Waals surface area contributed by atoms with Gasteiger partial charge in [0.05, 0.1) is 26.8 Å². The van der Waals surface area contributed by atoms with Crippen LogP contribution in [-0.2, 0) is 11.4 Å². The van der Waals surface area contributed by atoms with E-state index >= 15 is 0 Å². The number of nitrogens with zero attached hydrogens (tertiary/aromatic N) is 1. The summed E-state index contributed by atoms with van der Waals surface area (Å²) in [5, 5.41) is 12.7. The number of hydrogen-bond donors (Lipinski definition) is 1. The van der Waals surface area contributed by atoms with E-state index in [9.17, 15) is 10.1 Å². The number of rotatable bonds is 8. The molecule has 0 aliphatic rings. The van der Waals surface area contributed by atoms with Crippen molar-refractivity contribution >= 4 is 72.7 Å². The summed E-state index contributed by atoms with van der Waals surface area (Å²) in [6, 6.07) is 18.0. The zero-order chi connectivity index (χ0) is 24.7. The summed E-state index contributed by atoms with van der Waals surface area (Å²) in [4.78, 5) is 12.7. The zero-order valence-electron chi connectivity index (χ0n) is 17.9. The van der Waals surface area contributed by atoms with E-state index < -0.39 is 5.91 Å². The molecule has 0 saturated heterocycles. The molecule has 1 N–H and O–H groups in total. The number of halogens is 4. The van der Waals surface area contributed by atoms with Gasteiger partial charge in [-0.15, -0.1) is 0 Å². The largest absolute Gasteiger partial charge is 0.490 e. The Labute approximate surface area is 224 Å². The minimum atomic E-state index is -0.615. The first-order valence-electron chi connectivity index (χ1n) is 10.0. The van der Waals surface area contributed by atoms with Crippen molar-refractivity contribution in [2.75, 3.05) is 11.9 Å². The third kappa shape index (κ3) is 6.77. The smallest absolute Gasteiger partial charge is 0.266 e. The highest BCUT2D eigenvalue weighted by Crippen LogP contribution is 2.38. The zero-order valence-corrected chi connectivity index (χ0v) is 22.6. The molecule has 3 aromatic carbocycles. The molecule has 0 heterocycles. The molecule has 1 amide bonds. The first-order valence-corrected chi connectivity index (χ1v) is 12.4. The minimum Gasteiger partial charge on any atom is -0.490 e. The van der Waals surface area contributed by atoms with Gasteiger partial charge in [-0.05, 0) is 76.5 Å². The van der Waals surface area contributed by atoms with Gasteiger partial charge < -0.3 is 14.8 Å². The molecule has 5 nitrogen and oxygen atoms in total.